The van der Waals surface area contributed by atoms with Gasteiger partial charge >= 0.3 is 0 Å². The molecule has 0 fully saturated rings. The Morgan fingerprint density at radius 2 is 2.06 bits per heavy atom. The third-order valence-corrected chi connectivity index (χ3v) is 4.08. The van der Waals surface area contributed by atoms with Crippen LogP contribution in [-0.4, -0.2) is 18.5 Å². The van der Waals surface area contributed by atoms with Gasteiger partial charge in [0.2, 0.25) is 0 Å². The first-order valence-corrected chi connectivity index (χ1v) is 6.34. The molecule has 1 unspecified atom stereocenters. The van der Waals surface area contributed by atoms with E-state index in [2.05, 4.69) is 24.1 Å². The van der Waals surface area contributed by atoms with Gasteiger partial charge in [-0.25, -0.2) is 0 Å². The van der Waals surface area contributed by atoms with Gasteiger partial charge in [-0.3, -0.25) is 0 Å². The number of aryl methyl sites for hydroxylation is 1. The van der Waals surface area contributed by atoms with Crippen molar-refractivity contribution in [1.82, 2.24) is 4.90 Å². The van der Waals surface area contributed by atoms with Crippen LogP contribution in [0.1, 0.15) is 41.9 Å². The molecule has 1 heterocycles. The van der Waals surface area contributed by atoms with E-state index in [1.807, 2.05) is 0 Å². The Bertz CT molecular complexity index is 411. The topological polar surface area (TPSA) is 29.3 Å². The number of anilines is 1. The molecule has 1 aliphatic carbocycles. The Labute approximate surface area is 97.4 Å². The van der Waals surface area contributed by atoms with Crippen molar-refractivity contribution < 1.29 is 0 Å². The summed E-state index contributed by atoms with van der Waals surface area (Å²) in [5.41, 5.74) is 11.6. The molecule has 0 amide bonds. The van der Waals surface area contributed by atoms with Crippen molar-refractivity contribution in [3.8, 4) is 0 Å². The molecule has 1 atom stereocenters. The van der Waals surface area contributed by atoms with Crippen molar-refractivity contribution in [1.29, 1.82) is 0 Å². The van der Waals surface area contributed by atoms with Crippen molar-refractivity contribution in [3.63, 3.8) is 0 Å². The predicted octanol–water partition coefficient (Wildman–Crippen LogP) is 2.52. The standard InChI is InChI=1S/C14H20N2/c1-16-6-5-10-3-2-4-11-7-13(15)8-12(9-16)14(10)11/h7-8,10H,2-6,9,15H2,1H3. The third-order valence-electron chi connectivity index (χ3n) is 4.08. The first-order chi connectivity index (χ1) is 7.74. The van der Waals surface area contributed by atoms with Crippen LogP contribution >= 0.6 is 0 Å². The lowest BCUT2D eigenvalue weighted by atomic mass is 9.79. The smallest absolute Gasteiger partial charge is 0.0320 e. The maximum atomic E-state index is 6.01. The molecule has 0 aromatic heterocycles. The number of hydrogen-bond acceptors (Lipinski definition) is 2. The van der Waals surface area contributed by atoms with Crippen LogP contribution in [0.3, 0.4) is 0 Å². The van der Waals surface area contributed by atoms with Gasteiger partial charge in [-0.2, -0.15) is 0 Å². The summed E-state index contributed by atoms with van der Waals surface area (Å²) in [5.74, 6) is 0.796. The molecule has 0 radical (unpaired) electrons. The largest absolute Gasteiger partial charge is 0.399 e. The number of rotatable bonds is 0. The highest BCUT2D eigenvalue weighted by atomic mass is 15.1. The van der Waals surface area contributed by atoms with Crippen molar-refractivity contribution >= 4 is 5.69 Å². The fourth-order valence-corrected chi connectivity index (χ4v) is 3.39. The van der Waals surface area contributed by atoms with E-state index >= 15 is 0 Å². The number of nitrogens with zero attached hydrogens (tertiary/aromatic N) is 1. The molecule has 0 saturated heterocycles. The summed E-state index contributed by atoms with van der Waals surface area (Å²) in [5, 5.41) is 0. The van der Waals surface area contributed by atoms with E-state index in [0.29, 0.717) is 0 Å². The van der Waals surface area contributed by atoms with Gasteiger partial charge in [0.05, 0.1) is 0 Å². The summed E-state index contributed by atoms with van der Waals surface area (Å²) >= 11 is 0. The van der Waals surface area contributed by atoms with Crippen LogP contribution in [0.15, 0.2) is 12.1 Å². The lowest BCUT2D eigenvalue weighted by Gasteiger charge is -2.26. The summed E-state index contributed by atoms with van der Waals surface area (Å²) in [6.07, 6.45) is 5.26. The van der Waals surface area contributed by atoms with E-state index < -0.39 is 0 Å². The van der Waals surface area contributed by atoms with E-state index in [0.717, 1.165) is 18.2 Å². The van der Waals surface area contributed by atoms with E-state index in [1.54, 1.807) is 5.56 Å². The Morgan fingerprint density at radius 3 is 2.94 bits per heavy atom. The van der Waals surface area contributed by atoms with Crippen LogP contribution in [0.2, 0.25) is 0 Å². The molecular weight excluding hydrogens is 196 g/mol. The Hall–Kier alpha value is -1.02. The van der Waals surface area contributed by atoms with E-state index in [-0.39, 0.29) is 0 Å². The normalized spacial score (nSPS) is 24.9. The average Bonchev–Trinajstić information content (AvgIpc) is 2.39. The van der Waals surface area contributed by atoms with Crippen molar-refractivity contribution in [2.75, 3.05) is 19.3 Å². The van der Waals surface area contributed by atoms with Gasteiger partial charge in [-0.05, 0) is 74.0 Å². The Balaban J connectivity index is 2.14. The monoisotopic (exact) mass is 216 g/mol. The quantitative estimate of drug-likeness (QED) is 0.675. The molecule has 1 aromatic rings. The Morgan fingerprint density at radius 1 is 1.25 bits per heavy atom. The molecule has 0 saturated carbocycles. The predicted molar refractivity (Wildman–Crippen MR) is 67.5 cm³/mol. The van der Waals surface area contributed by atoms with Crippen LogP contribution in [0.5, 0.6) is 0 Å². The van der Waals surface area contributed by atoms with Crippen molar-refractivity contribution in [2.24, 2.45) is 0 Å². The SMILES string of the molecule is CN1CCC2CCCc3cc(N)cc(c32)C1. The third kappa shape index (κ3) is 1.61. The highest BCUT2D eigenvalue weighted by Crippen LogP contribution is 2.39. The molecule has 2 aliphatic rings. The molecule has 1 aliphatic heterocycles. The minimum absolute atomic E-state index is 0.796. The Kier molecular flexibility index (Phi) is 2.40. The zero-order valence-electron chi connectivity index (χ0n) is 10.00. The molecular formula is C14H20N2. The van der Waals surface area contributed by atoms with Crippen LogP contribution in [-0.2, 0) is 13.0 Å². The van der Waals surface area contributed by atoms with E-state index in [9.17, 15) is 0 Å². The molecule has 2 N–H and O–H groups in total. The molecule has 3 rings (SSSR count). The number of benzene rings is 1. The van der Waals surface area contributed by atoms with Crippen LogP contribution in [0, 0.1) is 0 Å². The molecule has 2 heteroatoms. The molecule has 2 nitrogen and oxygen atoms in total. The van der Waals surface area contributed by atoms with Gasteiger partial charge in [-0.1, -0.05) is 0 Å². The molecule has 16 heavy (non-hydrogen) atoms. The maximum absolute atomic E-state index is 6.01. The second-order valence-electron chi connectivity index (χ2n) is 5.37. The first kappa shape index (κ1) is 10.2. The number of nitrogen functional groups attached to an aromatic ring is 1. The fraction of sp³-hybridized carbons (Fsp3) is 0.571. The number of nitrogens with two attached hydrogens (primary N) is 1. The summed E-state index contributed by atoms with van der Waals surface area (Å²) in [6, 6.07) is 4.40. The summed E-state index contributed by atoms with van der Waals surface area (Å²) in [4.78, 5) is 2.42. The lowest BCUT2D eigenvalue weighted by molar-refractivity contribution is 0.321. The maximum Gasteiger partial charge on any atom is 0.0320 e. The lowest BCUT2D eigenvalue weighted by Crippen LogP contribution is -2.17. The first-order valence-electron chi connectivity index (χ1n) is 6.34. The van der Waals surface area contributed by atoms with Gasteiger partial charge < -0.3 is 10.6 Å². The van der Waals surface area contributed by atoms with Gasteiger partial charge in [0, 0.05) is 12.2 Å². The highest BCUT2D eigenvalue weighted by Gasteiger charge is 2.26. The average molecular weight is 216 g/mol. The zero-order valence-corrected chi connectivity index (χ0v) is 10.00. The minimum Gasteiger partial charge on any atom is -0.399 e. The molecule has 86 valence electrons. The summed E-state index contributed by atoms with van der Waals surface area (Å²) in [6.45, 7) is 2.29. The second-order valence-corrected chi connectivity index (χ2v) is 5.37. The van der Waals surface area contributed by atoms with Crippen LogP contribution in [0.25, 0.3) is 0 Å². The van der Waals surface area contributed by atoms with Gasteiger partial charge in [0.15, 0.2) is 0 Å². The van der Waals surface area contributed by atoms with Gasteiger partial charge in [0.1, 0.15) is 0 Å². The van der Waals surface area contributed by atoms with Crippen molar-refractivity contribution in [2.45, 2.75) is 38.1 Å². The minimum atomic E-state index is 0.796. The summed E-state index contributed by atoms with van der Waals surface area (Å²) in [7, 11) is 2.22. The second kappa shape index (κ2) is 3.77. The molecule has 0 bridgehead atoms. The van der Waals surface area contributed by atoms with E-state index in [1.165, 1.54) is 43.4 Å². The van der Waals surface area contributed by atoms with Gasteiger partial charge in [0.25, 0.3) is 0 Å². The molecule has 0 spiro atoms. The van der Waals surface area contributed by atoms with E-state index in [4.69, 9.17) is 5.73 Å². The summed E-state index contributed by atoms with van der Waals surface area (Å²) < 4.78 is 0. The van der Waals surface area contributed by atoms with Crippen molar-refractivity contribution in [3.05, 3.63) is 28.8 Å². The highest BCUT2D eigenvalue weighted by molar-refractivity contribution is 5.52. The zero-order chi connectivity index (χ0) is 11.1. The number of hydrogen-bond donors (Lipinski definition) is 1. The fourth-order valence-electron chi connectivity index (χ4n) is 3.39. The van der Waals surface area contributed by atoms with Crippen LogP contribution in [0.4, 0.5) is 5.69 Å². The van der Waals surface area contributed by atoms with Gasteiger partial charge in [-0.15, -0.1) is 0 Å². The molecule has 1 aromatic carbocycles. The van der Waals surface area contributed by atoms with Crippen LogP contribution < -0.4 is 5.73 Å².